The summed E-state index contributed by atoms with van der Waals surface area (Å²) in [5.41, 5.74) is 3.30. The number of anilines is 2. The van der Waals surface area contributed by atoms with Gasteiger partial charge in [-0.15, -0.1) is 0 Å². The van der Waals surface area contributed by atoms with Gasteiger partial charge in [0.1, 0.15) is 11.5 Å². The zero-order valence-corrected chi connectivity index (χ0v) is 26.2. The van der Waals surface area contributed by atoms with Crippen molar-refractivity contribution in [3.05, 3.63) is 161 Å². The number of hydrogen-bond donors (Lipinski definition) is 1. The highest BCUT2D eigenvalue weighted by atomic mass is 16.7. The number of hydrogen-bond acceptors (Lipinski definition) is 7. The molecule has 0 aliphatic carbocycles. The number of nitrogens with zero attached hydrogens (tertiary/aromatic N) is 1. The number of Topliss-reactive ketones (excluding diaryl/α,β-unsaturated/α-hetero) is 1. The Kier molecular flexibility index (Phi) is 6.65. The maximum atomic E-state index is 15.2. The van der Waals surface area contributed by atoms with Crippen LogP contribution >= 0.6 is 0 Å². The van der Waals surface area contributed by atoms with E-state index in [1.807, 2.05) is 126 Å². The zero-order valence-electron chi connectivity index (χ0n) is 26.2. The SMILES string of the molecule is O=C(OC(c1ccccc1)c1ccccc1)[C@@H]1[C@H](C(=O)c2ccc3c(c2)OCO3)[C@]2(C(=O)Nc3ccccc32)[C@H]2C=Cc3ccccc3N12. The van der Waals surface area contributed by atoms with Crippen LogP contribution in [0.15, 0.2) is 133 Å². The molecule has 0 unspecified atom stereocenters. The second-order valence-electron chi connectivity index (χ2n) is 12.6. The predicted molar refractivity (Wildman–Crippen MR) is 183 cm³/mol. The minimum absolute atomic E-state index is 0.0445. The summed E-state index contributed by atoms with van der Waals surface area (Å²) in [5.74, 6) is -1.55. The topological polar surface area (TPSA) is 94.2 Å². The molecule has 5 aromatic rings. The molecule has 1 amide bonds. The van der Waals surface area contributed by atoms with Crippen LogP contribution in [0.4, 0.5) is 11.4 Å². The average Bonchev–Trinajstić information content (AvgIpc) is 3.84. The molecule has 9 rings (SSSR count). The van der Waals surface area contributed by atoms with Crippen molar-refractivity contribution in [2.75, 3.05) is 17.0 Å². The van der Waals surface area contributed by atoms with Crippen LogP contribution in [0.25, 0.3) is 6.08 Å². The van der Waals surface area contributed by atoms with Crippen molar-refractivity contribution in [2.45, 2.75) is 23.6 Å². The van der Waals surface area contributed by atoms with Gasteiger partial charge < -0.3 is 24.4 Å². The van der Waals surface area contributed by atoms with E-state index in [-0.39, 0.29) is 18.5 Å². The van der Waals surface area contributed by atoms with Gasteiger partial charge in [0.2, 0.25) is 12.7 Å². The average molecular weight is 647 g/mol. The second-order valence-corrected chi connectivity index (χ2v) is 12.6. The maximum absolute atomic E-state index is 15.2. The van der Waals surface area contributed by atoms with E-state index in [0.29, 0.717) is 28.3 Å². The minimum atomic E-state index is -1.47. The van der Waals surface area contributed by atoms with Gasteiger partial charge in [0.15, 0.2) is 23.4 Å². The van der Waals surface area contributed by atoms with Gasteiger partial charge in [-0.05, 0) is 52.6 Å². The van der Waals surface area contributed by atoms with Crippen LogP contribution in [0.3, 0.4) is 0 Å². The van der Waals surface area contributed by atoms with Gasteiger partial charge in [0.25, 0.3) is 0 Å². The lowest BCUT2D eigenvalue weighted by Crippen LogP contribution is -2.51. The van der Waals surface area contributed by atoms with E-state index in [4.69, 9.17) is 14.2 Å². The molecule has 1 saturated heterocycles. The molecule has 4 atom stereocenters. The van der Waals surface area contributed by atoms with Gasteiger partial charge in [-0.25, -0.2) is 4.79 Å². The first-order chi connectivity index (χ1) is 24.1. The first-order valence-electron chi connectivity index (χ1n) is 16.3. The Bertz CT molecular complexity index is 2130. The molecule has 8 heteroatoms. The number of carbonyl (C=O) groups excluding carboxylic acids is 3. The van der Waals surface area contributed by atoms with E-state index in [1.54, 1.807) is 18.2 Å². The highest BCUT2D eigenvalue weighted by Crippen LogP contribution is 2.58. The van der Waals surface area contributed by atoms with Crippen LogP contribution in [0.5, 0.6) is 11.5 Å². The first kappa shape index (κ1) is 29.0. The summed E-state index contributed by atoms with van der Waals surface area (Å²) in [7, 11) is 0. The quantitative estimate of drug-likeness (QED) is 0.162. The van der Waals surface area contributed by atoms with Gasteiger partial charge in [0.05, 0.1) is 12.0 Å². The van der Waals surface area contributed by atoms with E-state index >= 15 is 9.59 Å². The molecule has 4 aliphatic rings. The number of fused-ring (bicyclic) bond motifs is 7. The summed E-state index contributed by atoms with van der Waals surface area (Å²) in [6, 6.07) is 37.4. The number of para-hydroxylation sites is 2. The molecule has 0 saturated carbocycles. The summed E-state index contributed by atoms with van der Waals surface area (Å²) >= 11 is 0. The van der Waals surface area contributed by atoms with Gasteiger partial charge in [-0.2, -0.15) is 0 Å². The molecule has 5 aromatic carbocycles. The van der Waals surface area contributed by atoms with Crippen molar-refractivity contribution in [3.8, 4) is 11.5 Å². The van der Waals surface area contributed by atoms with Crippen LogP contribution in [0, 0.1) is 5.92 Å². The van der Waals surface area contributed by atoms with Crippen molar-refractivity contribution in [3.63, 3.8) is 0 Å². The van der Waals surface area contributed by atoms with E-state index in [1.165, 1.54) is 0 Å². The smallest absolute Gasteiger partial charge is 0.330 e. The molecule has 1 spiro atoms. The summed E-state index contributed by atoms with van der Waals surface area (Å²) in [4.78, 5) is 47.0. The van der Waals surface area contributed by atoms with Gasteiger partial charge in [-0.3, -0.25) is 9.59 Å². The summed E-state index contributed by atoms with van der Waals surface area (Å²) in [6.45, 7) is 0.0445. The summed E-state index contributed by atoms with van der Waals surface area (Å²) in [6.07, 6.45) is 3.16. The molecule has 1 N–H and O–H groups in total. The maximum Gasteiger partial charge on any atom is 0.330 e. The fraction of sp³-hybridized carbons (Fsp3) is 0.146. The van der Waals surface area contributed by atoms with Crippen molar-refractivity contribution >= 4 is 35.1 Å². The minimum Gasteiger partial charge on any atom is -0.454 e. The third kappa shape index (κ3) is 4.33. The molecule has 1 fully saturated rings. The molecular formula is C41H30N2O6. The summed E-state index contributed by atoms with van der Waals surface area (Å²) in [5, 5.41) is 3.07. The molecular weight excluding hydrogens is 616 g/mol. The third-order valence-corrected chi connectivity index (χ3v) is 10.2. The van der Waals surface area contributed by atoms with Crippen LogP contribution in [0.2, 0.25) is 0 Å². The number of benzene rings is 5. The second kappa shape index (κ2) is 11.2. The Balaban J connectivity index is 1.26. The molecule has 240 valence electrons. The fourth-order valence-corrected chi connectivity index (χ4v) is 8.09. The highest BCUT2D eigenvalue weighted by molar-refractivity contribution is 6.16. The molecule has 4 heterocycles. The number of esters is 1. The van der Waals surface area contributed by atoms with Crippen LogP contribution < -0.4 is 19.7 Å². The highest BCUT2D eigenvalue weighted by Gasteiger charge is 2.71. The van der Waals surface area contributed by atoms with E-state index in [9.17, 15) is 4.79 Å². The third-order valence-electron chi connectivity index (χ3n) is 10.2. The monoisotopic (exact) mass is 646 g/mol. The Morgan fingerprint density at radius 3 is 2.24 bits per heavy atom. The van der Waals surface area contributed by atoms with Gasteiger partial charge in [-0.1, -0.05) is 109 Å². The summed E-state index contributed by atoms with van der Waals surface area (Å²) < 4.78 is 17.7. The largest absolute Gasteiger partial charge is 0.454 e. The Labute approximate surface area is 282 Å². The van der Waals surface area contributed by atoms with Gasteiger partial charge in [0, 0.05) is 16.9 Å². The number of rotatable bonds is 6. The number of ketones is 1. The molecule has 49 heavy (non-hydrogen) atoms. The predicted octanol–water partition coefficient (Wildman–Crippen LogP) is 6.72. The van der Waals surface area contributed by atoms with Crippen molar-refractivity contribution in [2.24, 2.45) is 5.92 Å². The normalized spacial score (nSPS) is 22.4. The zero-order chi connectivity index (χ0) is 33.1. The lowest BCUT2D eigenvalue weighted by molar-refractivity contribution is -0.150. The van der Waals surface area contributed by atoms with Crippen LogP contribution in [-0.4, -0.2) is 36.5 Å². The van der Waals surface area contributed by atoms with E-state index in [2.05, 4.69) is 5.32 Å². The van der Waals surface area contributed by atoms with Crippen molar-refractivity contribution in [1.82, 2.24) is 0 Å². The Morgan fingerprint density at radius 1 is 0.796 bits per heavy atom. The van der Waals surface area contributed by atoms with Gasteiger partial charge >= 0.3 is 5.97 Å². The fourth-order valence-electron chi connectivity index (χ4n) is 8.09. The molecule has 0 radical (unpaired) electrons. The van der Waals surface area contributed by atoms with E-state index in [0.717, 1.165) is 22.4 Å². The van der Waals surface area contributed by atoms with Crippen LogP contribution in [0.1, 0.15) is 38.7 Å². The Hall–Kier alpha value is -6.15. The number of ether oxygens (including phenoxy) is 3. The lowest BCUT2D eigenvalue weighted by Gasteiger charge is -2.37. The Morgan fingerprint density at radius 2 is 1.47 bits per heavy atom. The first-order valence-corrected chi connectivity index (χ1v) is 16.3. The number of amides is 1. The number of carbonyl (C=O) groups is 3. The molecule has 0 aromatic heterocycles. The molecule has 4 aliphatic heterocycles. The van der Waals surface area contributed by atoms with Crippen LogP contribution in [-0.2, 0) is 19.7 Å². The van der Waals surface area contributed by atoms with Crippen molar-refractivity contribution in [1.29, 1.82) is 0 Å². The van der Waals surface area contributed by atoms with Crippen molar-refractivity contribution < 1.29 is 28.6 Å². The molecule has 0 bridgehead atoms. The van der Waals surface area contributed by atoms with E-state index < -0.39 is 35.5 Å². The molecule has 8 nitrogen and oxygen atoms in total. The lowest BCUT2D eigenvalue weighted by atomic mass is 9.64. The standard InChI is InChI=1S/C41H30N2O6/c44-37(28-19-21-32-33(23-28)48-24-47-32)35-36(39(45)49-38(26-12-3-1-4-13-26)27-14-5-2-6-15-27)43-31-18-10-7-11-25(31)20-22-34(43)41(35)29-16-8-9-17-30(29)42-40(41)46/h1-23,34-36,38H,24H2,(H,42,46)/t34-,35-,36+,41-/m1/s1. The number of nitrogens with one attached hydrogen (secondary N) is 1.